The number of piperazine rings is 1. The topological polar surface area (TPSA) is 66.5 Å². The first kappa shape index (κ1) is 30.6. The normalized spacial score (nSPS) is 13.3. The second-order valence-corrected chi connectivity index (χ2v) is 8.78. The Hall–Kier alpha value is -2.60. The van der Waals surface area contributed by atoms with Gasteiger partial charge in [0.05, 0.1) is 5.56 Å². The zero-order valence-electron chi connectivity index (χ0n) is 19.1. The van der Waals surface area contributed by atoms with Crippen molar-refractivity contribution in [2.45, 2.75) is 12.8 Å². The van der Waals surface area contributed by atoms with E-state index >= 15 is 0 Å². The third-order valence-electron chi connectivity index (χ3n) is 5.37. The molecule has 0 unspecified atom stereocenters. The van der Waals surface area contributed by atoms with Gasteiger partial charge in [-0.15, -0.1) is 24.8 Å². The molecule has 1 aliphatic heterocycles. The summed E-state index contributed by atoms with van der Waals surface area (Å²) in [5.41, 5.74) is -0.0703. The minimum absolute atomic E-state index is 0. The van der Waals surface area contributed by atoms with Gasteiger partial charge in [-0.1, -0.05) is 0 Å². The fourth-order valence-electron chi connectivity index (χ4n) is 3.68. The van der Waals surface area contributed by atoms with E-state index in [1.54, 1.807) is 23.4 Å². The van der Waals surface area contributed by atoms with E-state index in [1.165, 1.54) is 24.3 Å². The van der Waals surface area contributed by atoms with Crippen molar-refractivity contribution >= 4 is 58.0 Å². The molecule has 4 rings (SSSR count). The van der Waals surface area contributed by atoms with Crippen LogP contribution in [0.3, 0.4) is 0 Å². The van der Waals surface area contributed by atoms with E-state index in [9.17, 15) is 22.4 Å². The quantitative estimate of drug-likeness (QED) is 0.325. The molecular weight excluding hydrogens is 603 g/mol. The van der Waals surface area contributed by atoms with Crippen LogP contribution in [-0.2, 0) is 12.8 Å². The van der Waals surface area contributed by atoms with Gasteiger partial charge in [0.1, 0.15) is 6.61 Å². The average molecular weight is 626 g/mol. The minimum atomic E-state index is -4.60. The Bertz CT molecular complexity index is 1230. The van der Waals surface area contributed by atoms with Crippen molar-refractivity contribution in [1.29, 1.82) is 0 Å². The summed E-state index contributed by atoms with van der Waals surface area (Å²) in [7, 11) is 0. The third-order valence-corrected chi connectivity index (χ3v) is 5.80. The lowest BCUT2D eigenvalue weighted by Crippen LogP contribution is -2.44. The highest BCUT2D eigenvalue weighted by atomic mass is 79.9. The maximum atomic E-state index is 14.2. The Labute approximate surface area is 231 Å². The number of nitrogens with one attached hydrogen (secondary N) is 2. The summed E-state index contributed by atoms with van der Waals surface area (Å²) < 4.78 is 61.8. The zero-order valence-corrected chi connectivity index (χ0v) is 22.4. The number of benzene rings is 2. The average Bonchev–Trinajstić information content (AvgIpc) is 2.83. The molecule has 1 aliphatic rings. The molecule has 1 aromatic heterocycles. The summed E-state index contributed by atoms with van der Waals surface area (Å²) in [5.74, 6) is -1.53. The van der Waals surface area contributed by atoms with Gasteiger partial charge in [-0.2, -0.15) is 13.2 Å². The lowest BCUT2D eigenvalue weighted by Gasteiger charge is -2.31. The Morgan fingerprint density at radius 1 is 1.08 bits per heavy atom. The van der Waals surface area contributed by atoms with Crippen LogP contribution in [0.5, 0.6) is 5.75 Å². The Kier molecular flexibility index (Phi) is 11.0. The zero-order chi connectivity index (χ0) is 25.0. The largest absolute Gasteiger partial charge is 0.486 e. The highest BCUT2D eigenvalue weighted by Crippen LogP contribution is 2.38. The molecule has 3 aromatic rings. The van der Waals surface area contributed by atoms with Crippen LogP contribution in [0.4, 0.5) is 28.9 Å². The first-order chi connectivity index (χ1) is 16.7. The molecule has 0 bridgehead atoms. The van der Waals surface area contributed by atoms with Crippen molar-refractivity contribution in [2.24, 2.45) is 0 Å². The Balaban J connectivity index is 0.00000241. The molecule has 1 fully saturated rings. The molecule has 2 heterocycles. The van der Waals surface area contributed by atoms with E-state index in [0.717, 1.165) is 16.6 Å². The molecule has 37 heavy (non-hydrogen) atoms. The second-order valence-electron chi connectivity index (χ2n) is 7.87. The molecule has 13 heteroatoms. The number of hydrogen-bond donors (Lipinski definition) is 2. The maximum absolute atomic E-state index is 14.2. The molecule has 1 saturated heterocycles. The number of halogens is 7. The van der Waals surface area contributed by atoms with Crippen LogP contribution < -0.4 is 20.3 Å². The number of hydrogen-bond acceptors (Lipinski definition) is 5. The number of amides is 1. The van der Waals surface area contributed by atoms with E-state index in [2.05, 4.69) is 31.5 Å². The van der Waals surface area contributed by atoms with E-state index in [0.29, 0.717) is 31.7 Å². The van der Waals surface area contributed by atoms with Gasteiger partial charge in [-0.3, -0.25) is 9.78 Å². The summed E-state index contributed by atoms with van der Waals surface area (Å²) in [6.07, 6.45) is -1.45. The van der Waals surface area contributed by atoms with Crippen LogP contribution in [0.25, 0.3) is 0 Å². The first-order valence-electron chi connectivity index (χ1n) is 10.7. The molecular formula is C24H23BrCl2F4N4O2. The standard InChI is InChI=1S/C24H21BrF4N4O2.2ClH/c25-17-9-15(12-31-13-17)14-35-22-10-16(1-3-20(22)26)23(34)32-18-2-4-21(19(11-18)24(27,28)29)33-7-5-30-6-8-33;;/h1-4,9-13,30H,5-8,14H2,(H,32,34);2*1H. The van der Waals surface area contributed by atoms with Crippen LogP contribution in [0.1, 0.15) is 21.5 Å². The number of carbonyl (C=O) groups excluding carboxylic acids is 1. The van der Waals surface area contributed by atoms with Crippen LogP contribution in [-0.4, -0.2) is 37.1 Å². The van der Waals surface area contributed by atoms with Crippen molar-refractivity contribution in [3.05, 3.63) is 81.8 Å². The fourth-order valence-corrected chi connectivity index (χ4v) is 4.09. The van der Waals surface area contributed by atoms with Gasteiger partial charge < -0.3 is 20.3 Å². The predicted octanol–water partition coefficient (Wildman–Crippen LogP) is 6.09. The molecule has 1 amide bonds. The number of aromatic nitrogens is 1. The summed E-state index contributed by atoms with van der Waals surface area (Å²) in [4.78, 5) is 18.4. The summed E-state index contributed by atoms with van der Waals surface area (Å²) in [6, 6.07) is 8.95. The van der Waals surface area contributed by atoms with Gasteiger partial charge in [0.2, 0.25) is 0 Å². The van der Waals surface area contributed by atoms with Crippen LogP contribution in [0.15, 0.2) is 59.3 Å². The van der Waals surface area contributed by atoms with E-state index in [1.807, 2.05) is 0 Å². The molecule has 0 saturated carbocycles. The highest BCUT2D eigenvalue weighted by molar-refractivity contribution is 9.10. The van der Waals surface area contributed by atoms with Gasteiger partial charge in [-0.05, 0) is 58.4 Å². The van der Waals surface area contributed by atoms with Crippen LogP contribution >= 0.6 is 40.7 Å². The van der Waals surface area contributed by atoms with Crippen LogP contribution in [0.2, 0.25) is 0 Å². The lowest BCUT2D eigenvalue weighted by molar-refractivity contribution is -0.137. The van der Waals surface area contributed by atoms with Crippen molar-refractivity contribution in [1.82, 2.24) is 10.3 Å². The van der Waals surface area contributed by atoms with Crippen molar-refractivity contribution in [3.8, 4) is 5.75 Å². The molecule has 200 valence electrons. The molecule has 0 aliphatic carbocycles. The summed E-state index contributed by atoms with van der Waals surface area (Å²) >= 11 is 3.29. The summed E-state index contributed by atoms with van der Waals surface area (Å²) in [6.45, 7) is 2.08. The second kappa shape index (κ2) is 13.3. The fraction of sp³-hybridized carbons (Fsp3) is 0.250. The van der Waals surface area contributed by atoms with Crippen molar-refractivity contribution in [2.75, 3.05) is 36.4 Å². The monoisotopic (exact) mass is 624 g/mol. The number of anilines is 2. The van der Waals surface area contributed by atoms with Crippen molar-refractivity contribution < 1.29 is 27.1 Å². The SMILES string of the molecule is Cl.Cl.O=C(Nc1ccc(N2CCNCC2)c(C(F)(F)F)c1)c1ccc(F)c(OCc2cncc(Br)c2)c1. The number of alkyl halides is 3. The number of ether oxygens (including phenoxy) is 1. The van der Waals surface area contributed by atoms with Gasteiger partial charge in [0.25, 0.3) is 5.91 Å². The molecule has 2 N–H and O–H groups in total. The molecule has 0 atom stereocenters. The number of rotatable bonds is 6. The van der Waals surface area contributed by atoms with Crippen LogP contribution in [0, 0.1) is 5.82 Å². The lowest BCUT2D eigenvalue weighted by atomic mass is 10.1. The Morgan fingerprint density at radius 2 is 1.81 bits per heavy atom. The van der Waals surface area contributed by atoms with Gasteiger partial charge in [-0.25, -0.2) is 4.39 Å². The highest BCUT2D eigenvalue weighted by Gasteiger charge is 2.35. The van der Waals surface area contributed by atoms with E-state index in [4.69, 9.17) is 4.74 Å². The predicted molar refractivity (Wildman–Crippen MR) is 142 cm³/mol. The number of nitrogens with zero attached hydrogens (tertiary/aromatic N) is 2. The molecule has 6 nitrogen and oxygen atoms in total. The van der Waals surface area contributed by atoms with E-state index < -0.39 is 23.5 Å². The van der Waals surface area contributed by atoms with Gasteiger partial charge in [0, 0.05) is 65.5 Å². The van der Waals surface area contributed by atoms with E-state index in [-0.39, 0.29) is 54.1 Å². The summed E-state index contributed by atoms with van der Waals surface area (Å²) in [5, 5.41) is 5.57. The molecule has 0 spiro atoms. The van der Waals surface area contributed by atoms with Gasteiger partial charge in [0.15, 0.2) is 11.6 Å². The Morgan fingerprint density at radius 3 is 2.49 bits per heavy atom. The smallest absolute Gasteiger partial charge is 0.418 e. The molecule has 2 aromatic carbocycles. The minimum Gasteiger partial charge on any atom is -0.486 e. The van der Waals surface area contributed by atoms with Gasteiger partial charge >= 0.3 is 6.18 Å². The maximum Gasteiger partial charge on any atom is 0.418 e. The van der Waals surface area contributed by atoms with Crippen molar-refractivity contribution in [3.63, 3.8) is 0 Å². The third kappa shape index (κ3) is 7.94. The molecule has 0 radical (unpaired) electrons. The number of carbonyl (C=O) groups is 1. The first-order valence-corrected chi connectivity index (χ1v) is 11.5. The number of pyridine rings is 1.